The lowest BCUT2D eigenvalue weighted by molar-refractivity contribution is -0.116. The van der Waals surface area contributed by atoms with Gasteiger partial charge in [-0.05, 0) is 31.5 Å². The second-order valence-corrected chi connectivity index (χ2v) is 9.90. The first-order chi connectivity index (χ1) is 16.0. The smallest absolute Gasteiger partial charge is 0.263 e. The maximum Gasteiger partial charge on any atom is 0.263 e. The third-order valence-electron chi connectivity index (χ3n) is 5.29. The van der Waals surface area contributed by atoms with E-state index in [2.05, 4.69) is 15.3 Å². The molecule has 0 aliphatic heterocycles. The van der Waals surface area contributed by atoms with Gasteiger partial charge in [-0.2, -0.15) is 0 Å². The Balaban J connectivity index is 1.42. The average molecular weight is 473 g/mol. The summed E-state index contributed by atoms with van der Waals surface area (Å²) >= 11 is 3.07. The monoisotopic (exact) mass is 472 g/mol. The molecule has 0 aliphatic carbocycles. The van der Waals surface area contributed by atoms with E-state index in [4.69, 9.17) is 0 Å². The number of thiazole rings is 1. The van der Waals surface area contributed by atoms with E-state index in [-0.39, 0.29) is 18.0 Å². The minimum atomic E-state index is -0.293. The number of anilines is 1. The summed E-state index contributed by atoms with van der Waals surface area (Å²) in [5.74, 6) is -0.293. The van der Waals surface area contributed by atoms with Crippen LogP contribution in [0.15, 0.2) is 71.1 Å². The van der Waals surface area contributed by atoms with E-state index in [9.17, 15) is 9.59 Å². The molecule has 33 heavy (non-hydrogen) atoms. The molecular formula is C25H20N4O2S2. The molecule has 0 unspecified atom stereocenters. The van der Waals surface area contributed by atoms with Crippen LogP contribution in [0.2, 0.25) is 0 Å². The number of carbonyl (C=O) groups excluding carboxylic acids is 1. The van der Waals surface area contributed by atoms with Crippen LogP contribution < -0.4 is 10.9 Å². The molecule has 8 heteroatoms. The van der Waals surface area contributed by atoms with Gasteiger partial charge in [0.25, 0.3) is 5.56 Å². The van der Waals surface area contributed by atoms with Crippen LogP contribution >= 0.6 is 22.7 Å². The highest BCUT2D eigenvalue weighted by Crippen LogP contribution is 2.35. The number of nitrogens with one attached hydrogen (secondary N) is 1. The molecule has 0 atom stereocenters. The number of thiophene rings is 1. The lowest BCUT2D eigenvalue weighted by Gasteiger charge is -2.09. The molecule has 1 amide bonds. The van der Waals surface area contributed by atoms with Crippen molar-refractivity contribution in [1.82, 2.24) is 14.5 Å². The Morgan fingerprint density at radius 2 is 1.85 bits per heavy atom. The van der Waals surface area contributed by atoms with Crippen LogP contribution in [-0.4, -0.2) is 20.4 Å². The van der Waals surface area contributed by atoms with Crippen LogP contribution in [0.3, 0.4) is 0 Å². The predicted octanol–water partition coefficient (Wildman–Crippen LogP) is 5.50. The number of nitrogens with zero attached hydrogens (tertiary/aromatic N) is 3. The Morgan fingerprint density at radius 1 is 1.06 bits per heavy atom. The van der Waals surface area contributed by atoms with E-state index >= 15 is 0 Å². The van der Waals surface area contributed by atoms with Gasteiger partial charge in [0.2, 0.25) is 5.91 Å². The molecule has 0 saturated carbocycles. The van der Waals surface area contributed by atoms with E-state index in [1.807, 2.05) is 73.8 Å². The molecule has 3 aromatic heterocycles. The molecule has 5 aromatic rings. The highest BCUT2D eigenvalue weighted by molar-refractivity contribution is 7.19. The normalized spacial score (nSPS) is 11.1. The molecular weight excluding hydrogens is 452 g/mol. The lowest BCUT2D eigenvalue weighted by Crippen LogP contribution is -2.27. The average Bonchev–Trinajstić information content (AvgIpc) is 3.39. The SMILES string of the molecule is Cc1nc(-c2cccc(NC(=O)Cn3cnc4sc(C)c(-c5ccccc5)c4c3=O)c2)cs1. The first kappa shape index (κ1) is 21.2. The summed E-state index contributed by atoms with van der Waals surface area (Å²) in [6.45, 7) is 3.83. The molecule has 6 nitrogen and oxygen atoms in total. The third kappa shape index (κ3) is 4.22. The Labute approximate surface area is 198 Å². The summed E-state index contributed by atoms with van der Waals surface area (Å²) in [7, 11) is 0. The van der Waals surface area contributed by atoms with E-state index in [0.717, 1.165) is 32.3 Å². The zero-order chi connectivity index (χ0) is 22.9. The summed E-state index contributed by atoms with van der Waals surface area (Å²) in [6.07, 6.45) is 1.45. The van der Waals surface area contributed by atoms with Gasteiger partial charge in [-0.25, -0.2) is 9.97 Å². The quantitative estimate of drug-likeness (QED) is 0.366. The Morgan fingerprint density at radius 3 is 2.61 bits per heavy atom. The van der Waals surface area contributed by atoms with Gasteiger partial charge in [0.15, 0.2) is 0 Å². The summed E-state index contributed by atoms with van der Waals surface area (Å²) in [6, 6.07) is 17.3. The van der Waals surface area contributed by atoms with Gasteiger partial charge in [-0.3, -0.25) is 14.2 Å². The molecule has 164 valence electrons. The van der Waals surface area contributed by atoms with Gasteiger partial charge in [-0.1, -0.05) is 42.5 Å². The molecule has 0 fully saturated rings. The highest BCUT2D eigenvalue weighted by Gasteiger charge is 2.17. The second kappa shape index (κ2) is 8.73. The van der Waals surface area contributed by atoms with Crippen LogP contribution in [0.5, 0.6) is 0 Å². The zero-order valence-electron chi connectivity index (χ0n) is 18.0. The molecule has 2 aromatic carbocycles. The number of rotatable bonds is 5. The van der Waals surface area contributed by atoms with Gasteiger partial charge in [-0.15, -0.1) is 22.7 Å². The van der Waals surface area contributed by atoms with E-state index < -0.39 is 0 Å². The Hall–Kier alpha value is -3.62. The molecule has 0 bridgehead atoms. The number of fused-ring (bicyclic) bond motifs is 1. The Kier molecular flexibility index (Phi) is 5.62. The van der Waals surface area contributed by atoms with Crippen LogP contribution in [0, 0.1) is 13.8 Å². The van der Waals surface area contributed by atoms with Crippen molar-refractivity contribution in [1.29, 1.82) is 0 Å². The molecule has 0 spiro atoms. The van der Waals surface area contributed by atoms with E-state index in [1.54, 1.807) is 11.3 Å². The summed E-state index contributed by atoms with van der Waals surface area (Å²) in [5, 5.41) is 6.42. The minimum absolute atomic E-state index is 0.120. The van der Waals surface area contributed by atoms with Crippen molar-refractivity contribution in [2.24, 2.45) is 0 Å². The standard InChI is InChI=1S/C25H20N4O2S2/c1-15-22(17-7-4-3-5-8-17)23-24(33-15)26-14-29(25(23)31)12-21(30)28-19-10-6-9-18(11-19)20-13-32-16(2)27-20/h3-11,13-14H,12H2,1-2H3,(H,28,30). The number of aromatic nitrogens is 3. The van der Waals surface area contributed by atoms with Crippen molar-refractivity contribution in [3.8, 4) is 22.4 Å². The fourth-order valence-electron chi connectivity index (χ4n) is 3.81. The maximum absolute atomic E-state index is 13.3. The largest absolute Gasteiger partial charge is 0.325 e. The minimum Gasteiger partial charge on any atom is -0.325 e. The van der Waals surface area contributed by atoms with Crippen LogP contribution in [0.1, 0.15) is 9.88 Å². The van der Waals surface area contributed by atoms with Crippen LogP contribution in [0.4, 0.5) is 5.69 Å². The topological polar surface area (TPSA) is 76.9 Å². The van der Waals surface area contributed by atoms with Crippen molar-refractivity contribution in [3.63, 3.8) is 0 Å². The number of aryl methyl sites for hydroxylation is 2. The first-order valence-electron chi connectivity index (χ1n) is 10.4. The predicted molar refractivity (Wildman–Crippen MR) is 135 cm³/mol. The molecule has 5 rings (SSSR count). The van der Waals surface area contributed by atoms with E-state index in [1.165, 1.54) is 22.2 Å². The number of benzene rings is 2. The Bertz CT molecular complexity index is 1530. The molecule has 0 radical (unpaired) electrons. The summed E-state index contributed by atoms with van der Waals surface area (Å²) < 4.78 is 1.36. The maximum atomic E-state index is 13.3. The molecule has 1 N–H and O–H groups in total. The number of hydrogen-bond acceptors (Lipinski definition) is 6. The second-order valence-electron chi connectivity index (χ2n) is 7.64. The lowest BCUT2D eigenvalue weighted by atomic mass is 10.0. The van der Waals surface area contributed by atoms with Gasteiger partial charge in [0.1, 0.15) is 11.4 Å². The van der Waals surface area contributed by atoms with Crippen LogP contribution in [-0.2, 0) is 11.3 Å². The van der Waals surface area contributed by atoms with Crippen molar-refractivity contribution in [3.05, 3.63) is 86.5 Å². The summed E-state index contributed by atoms with van der Waals surface area (Å²) in [5.41, 5.74) is 4.09. The van der Waals surface area contributed by atoms with Gasteiger partial charge in [0.05, 0.1) is 22.4 Å². The fraction of sp³-hybridized carbons (Fsp3) is 0.120. The number of carbonyl (C=O) groups is 1. The fourth-order valence-corrected chi connectivity index (χ4v) is 5.44. The third-order valence-corrected chi connectivity index (χ3v) is 7.08. The van der Waals surface area contributed by atoms with Crippen molar-refractivity contribution >= 4 is 44.5 Å². The van der Waals surface area contributed by atoms with Crippen LogP contribution in [0.25, 0.3) is 32.6 Å². The van der Waals surface area contributed by atoms with Crippen molar-refractivity contribution in [2.45, 2.75) is 20.4 Å². The number of amides is 1. The van der Waals surface area contributed by atoms with Gasteiger partial charge >= 0.3 is 0 Å². The molecule has 3 heterocycles. The van der Waals surface area contributed by atoms with Crippen molar-refractivity contribution < 1.29 is 4.79 Å². The highest BCUT2D eigenvalue weighted by atomic mass is 32.1. The zero-order valence-corrected chi connectivity index (χ0v) is 19.7. The van der Waals surface area contributed by atoms with Gasteiger partial charge in [0, 0.05) is 27.1 Å². The molecule has 0 saturated heterocycles. The first-order valence-corrected chi connectivity index (χ1v) is 12.1. The number of hydrogen-bond donors (Lipinski definition) is 1. The van der Waals surface area contributed by atoms with E-state index in [0.29, 0.717) is 15.9 Å². The molecule has 0 aliphatic rings. The summed E-state index contributed by atoms with van der Waals surface area (Å²) in [4.78, 5) is 36.7. The van der Waals surface area contributed by atoms with Gasteiger partial charge < -0.3 is 5.32 Å². The van der Waals surface area contributed by atoms with Crippen molar-refractivity contribution in [2.75, 3.05) is 5.32 Å².